The fourth-order valence-electron chi connectivity index (χ4n) is 2.81. The smallest absolute Gasteiger partial charge is 0.321 e. The summed E-state index contributed by atoms with van der Waals surface area (Å²) in [5.41, 5.74) is 0.802. The minimum atomic E-state index is 0.00336. The molecule has 1 aliphatic heterocycles. The lowest BCUT2D eigenvalue weighted by molar-refractivity contribution is 0.197. The van der Waals surface area contributed by atoms with Crippen molar-refractivity contribution >= 4 is 23.5 Å². The van der Waals surface area contributed by atoms with Crippen LogP contribution >= 0.6 is 11.8 Å². The van der Waals surface area contributed by atoms with Gasteiger partial charge in [0.1, 0.15) is 0 Å². The molecule has 2 heterocycles. The van der Waals surface area contributed by atoms with Crippen LogP contribution < -0.4 is 5.32 Å². The van der Waals surface area contributed by atoms with Crippen molar-refractivity contribution in [3.8, 4) is 0 Å². The van der Waals surface area contributed by atoms with Gasteiger partial charge in [-0.2, -0.15) is 16.9 Å². The number of urea groups is 1. The van der Waals surface area contributed by atoms with E-state index < -0.39 is 0 Å². The van der Waals surface area contributed by atoms with Gasteiger partial charge in [0.05, 0.1) is 17.9 Å². The molecule has 0 radical (unpaired) electrons. The molecule has 21 heavy (non-hydrogen) atoms. The number of thioether (sulfide) groups is 1. The Labute approximate surface area is 130 Å². The Bertz CT molecular complexity index is 500. The first-order valence-corrected chi connectivity index (χ1v) is 9.00. The SMILES string of the molecule is C[C@@H]1CCSCCN1C(=O)Nc1cnn([C@H](C)C2CC2)c1. The maximum Gasteiger partial charge on any atom is 0.322 e. The third-order valence-electron chi connectivity index (χ3n) is 4.52. The maximum absolute atomic E-state index is 12.4. The number of nitrogens with one attached hydrogen (secondary N) is 1. The zero-order valence-corrected chi connectivity index (χ0v) is 13.6. The molecule has 6 heteroatoms. The topological polar surface area (TPSA) is 50.2 Å². The Balaban J connectivity index is 1.61. The van der Waals surface area contributed by atoms with Gasteiger partial charge in [0.25, 0.3) is 0 Å². The maximum atomic E-state index is 12.4. The summed E-state index contributed by atoms with van der Waals surface area (Å²) in [6.07, 6.45) is 7.37. The quantitative estimate of drug-likeness (QED) is 0.933. The first-order chi connectivity index (χ1) is 10.1. The van der Waals surface area contributed by atoms with Gasteiger partial charge in [-0.3, -0.25) is 4.68 Å². The van der Waals surface area contributed by atoms with Crippen LogP contribution in [-0.4, -0.2) is 44.8 Å². The molecule has 0 spiro atoms. The molecule has 2 amide bonds. The van der Waals surface area contributed by atoms with Crippen molar-refractivity contribution in [1.82, 2.24) is 14.7 Å². The molecule has 2 atom stereocenters. The van der Waals surface area contributed by atoms with Crippen LogP contribution in [0.4, 0.5) is 10.5 Å². The van der Waals surface area contributed by atoms with E-state index >= 15 is 0 Å². The highest BCUT2D eigenvalue weighted by molar-refractivity contribution is 7.99. The van der Waals surface area contributed by atoms with Crippen LogP contribution in [0.5, 0.6) is 0 Å². The molecule has 5 nitrogen and oxygen atoms in total. The summed E-state index contributed by atoms with van der Waals surface area (Å²) in [5.74, 6) is 2.92. The highest BCUT2D eigenvalue weighted by Crippen LogP contribution is 2.39. The number of amides is 2. The predicted octanol–water partition coefficient (Wildman–Crippen LogP) is 3.21. The fourth-order valence-corrected chi connectivity index (χ4v) is 3.85. The van der Waals surface area contributed by atoms with Gasteiger partial charge >= 0.3 is 6.03 Å². The van der Waals surface area contributed by atoms with Gasteiger partial charge in [0.2, 0.25) is 0 Å². The molecule has 2 aliphatic rings. The number of nitrogens with zero attached hydrogens (tertiary/aromatic N) is 3. The number of carbonyl (C=O) groups is 1. The van der Waals surface area contributed by atoms with Crippen molar-refractivity contribution in [2.24, 2.45) is 5.92 Å². The van der Waals surface area contributed by atoms with Gasteiger partial charge in [0.15, 0.2) is 0 Å². The summed E-state index contributed by atoms with van der Waals surface area (Å²) >= 11 is 1.93. The van der Waals surface area contributed by atoms with Gasteiger partial charge in [0, 0.05) is 24.5 Å². The van der Waals surface area contributed by atoms with Gasteiger partial charge in [-0.15, -0.1) is 0 Å². The van der Waals surface area contributed by atoms with Crippen molar-refractivity contribution < 1.29 is 4.79 Å². The van der Waals surface area contributed by atoms with E-state index in [9.17, 15) is 4.79 Å². The number of aromatic nitrogens is 2. The zero-order valence-electron chi connectivity index (χ0n) is 12.8. The van der Waals surface area contributed by atoms with Crippen molar-refractivity contribution in [2.75, 3.05) is 23.4 Å². The number of carbonyl (C=O) groups excluding carboxylic acids is 1. The number of hydrogen-bond acceptors (Lipinski definition) is 3. The molecule has 3 rings (SSSR count). The van der Waals surface area contributed by atoms with E-state index in [4.69, 9.17) is 0 Å². The third kappa shape index (κ3) is 3.54. The molecule has 1 saturated carbocycles. The van der Waals surface area contributed by atoms with Crippen molar-refractivity contribution in [3.63, 3.8) is 0 Å². The molecule has 2 fully saturated rings. The monoisotopic (exact) mass is 308 g/mol. The second kappa shape index (κ2) is 6.30. The van der Waals surface area contributed by atoms with Gasteiger partial charge in [-0.05, 0) is 44.8 Å². The molecule has 1 N–H and O–H groups in total. The van der Waals surface area contributed by atoms with E-state index in [0.29, 0.717) is 12.1 Å². The van der Waals surface area contributed by atoms with Gasteiger partial charge < -0.3 is 10.2 Å². The Hall–Kier alpha value is -1.17. The van der Waals surface area contributed by atoms with Crippen molar-refractivity contribution in [2.45, 2.75) is 45.2 Å². The van der Waals surface area contributed by atoms with Crippen LogP contribution in [-0.2, 0) is 0 Å². The molecule has 1 saturated heterocycles. The Kier molecular flexibility index (Phi) is 4.42. The zero-order chi connectivity index (χ0) is 14.8. The molecular formula is C15H24N4OS. The molecular weight excluding hydrogens is 284 g/mol. The summed E-state index contributed by atoms with van der Waals surface area (Å²) in [6, 6.07) is 0.744. The number of rotatable bonds is 3. The lowest BCUT2D eigenvalue weighted by Crippen LogP contribution is -2.41. The van der Waals surface area contributed by atoms with E-state index in [1.807, 2.05) is 27.5 Å². The van der Waals surface area contributed by atoms with E-state index in [1.165, 1.54) is 12.8 Å². The Morgan fingerprint density at radius 1 is 1.43 bits per heavy atom. The van der Waals surface area contributed by atoms with Crippen molar-refractivity contribution in [1.29, 1.82) is 0 Å². The first kappa shape index (κ1) is 14.8. The van der Waals surface area contributed by atoms with Crippen LogP contribution in [0.3, 0.4) is 0 Å². The van der Waals surface area contributed by atoms with E-state index in [-0.39, 0.29) is 6.03 Å². The van der Waals surface area contributed by atoms with E-state index in [1.54, 1.807) is 6.20 Å². The van der Waals surface area contributed by atoms with Crippen LogP contribution in [0, 0.1) is 5.92 Å². The van der Waals surface area contributed by atoms with Crippen LogP contribution in [0.1, 0.15) is 39.2 Å². The number of hydrogen-bond donors (Lipinski definition) is 1. The Morgan fingerprint density at radius 3 is 3.00 bits per heavy atom. The first-order valence-electron chi connectivity index (χ1n) is 7.84. The third-order valence-corrected chi connectivity index (χ3v) is 5.52. The highest BCUT2D eigenvalue weighted by atomic mass is 32.2. The second-order valence-corrected chi connectivity index (χ2v) is 7.39. The van der Waals surface area contributed by atoms with E-state index in [0.717, 1.165) is 36.1 Å². The minimum absolute atomic E-state index is 0.00336. The molecule has 1 aromatic heterocycles. The van der Waals surface area contributed by atoms with Gasteiger partial charge in [-0.25, -0.2) is 4.79 Å². The summed E-state index contributed by atoms with van der Waals surface area (Å²) in [4.78, 5) is 14.4. The van der Waals surface area contributed by atoms with Crippen LogP contribution in [0.15, 0.2) is 12.4 Å². The lowest BCUT2D eigenvalue weighted by Gasteiger charge is -2.26. The van der Waals surface area contributed by atoms with Crippen LogP contribution in [0.2, 0.25) is 0 Å². The standard InChI is InChI=1S/C15H24N4OS/c1-11-5-7-21-8-6-18(11)15(20)17-14-9-16-19(10-14)12(2)13-3-4-13/h9-13H,3-8H2,1-2H3,(H,17,20)/t11-,12-/m1/s1. The fraction of sp³-hybridized carbons (Fsp3) is 0.733. The summed E-state index contributed by atoms with van der Waals surface area (Å²) < 4.78 is 1.98. The lowest BCUT2D eigenvalue weighted by atomic mass is 10.2. The largest absolute Gasteiger partial charge is 0.322 e. The number of anilines is 1. The summed E-state index contributed by atoms with van der Waals surface area (Å²) in [6.45, 7) is 5.15. The minimum Gasteiger partial charge on any atom is -0.321 e. The van der Waals surface area contributed by atoms with Crippen molar-refractivity contribution in [3.05, 3.63) is 12.4 Å². The predicted molar refractivity (Wildman–Crippen MR) is 86.8 cm³/mol. The Morgan fingerprint density at radius 2 is 2.24 bits per heavy atom. The van der Waals surface area contributed by atoms with Gasteiger partial charge in [-0.1, -0.05) is 0 Å². The second-order valence-electron chi connectivity index (χ2n) is 6.16. The van der Waals surface area contributed by atoms with E-state index in [2.05, 4.69) is 24.3 Å². The average molecular weight is 308 g/mol. The summed E-state index contributed by atoms with van der Waals surface area (Å²) in [5, 5.41) is 7.39. The average Bonchev–Trinajstić information content (AvgIpc) is 3.24. The molecule has 116 valence electrons. The molecule has 0 aromatic carbocycles. The molecule has 0 unspecified atom stereocenters. The highest BCUT2D eigenvalue weighted by Gasteiger charge is 2.30. The molecule has 1 aliphatic carbocycles. The normalized spacial score (nSPS) is 24.5. The molecule has 0 bridgehead atoms. The van der Waals surface area contributed by atoms with Crippen LogP contribution in [0.25, 0.3) is 0 Å². The molecule has 1 aromatic rings. The summed E-state index contributed by atoms with van der Waals surface area (Å²) in [7, 11) is 0.